The molecule has 0 spiro atoms. The van der Waals surface area contributed by atoms with Gasteiger partial charge in [0.1, 0.15) is 0 Å². The van der Waals surface area contributed by atoms with Gasteiger partial charge in [0.15, 0.2) is 0 Å². The number of hydrogen-bond acceptors (Lipinski definition) is 3. The summed E-state index contributed by atoms with van der Waals surface area (Å²) in [6.45, 7) is 4.37. The number of hydrogen-bond donors (Lipinski definition) is 3. The summed E-state index contributed by atoms with van der Waals surface area (Å²) in [6, 6.07) is 3.60. The molecule has 0 saturated heterocycles. The van der Waals surface area contributed by atoms with Crippen molar-refractivity contribution in [2.24, 2.45) is 0 Å². The molecule has 5 heteroatoms. The van der Waals surface area contributed by atoms with Gasteiger partial charge in [0, 0.05) is 13.1 Å². The number of nitrogens with zero attached hydrogens (tertiary/aromatic N) is 1. The fraction of sp³-hybridized carbons (Fsp3) is 0.385. The van der Waals surface area contributed by atoms with Crippen molar-refractivity contribution < 1.29 is 4.79 Å². The second kappa shape index (κ2) is 6.16. The van der Waals surface area contributed by atoms with E-state index in [0.29, 0.717) is 12.2 Å². The zero-order valence-electron chi connectivity index (χ0n) is 10.5. The quantitative estimate of drug-likeness (QED) is 0.759. The number of carbonyl (C=O) groups excluding carboxylic acids is 1. The topological polar surface area (TPSA) is 66.1 Å². The zero-order chi connectivity index (χ0) is 12.8. The van der Waals surface area contributed by atoms with Gasteiger partial charge in [-0.25, -0.2) is 4.79 Å². The van der Waals surface area contributed by atoms with E-state index in [1.54, 1.807) is 6.20 Å². The maximum atomic E-state index is 11.3. The average Bonchev–Trinajstić information content (AvgIpc) is 2.41. The van der Waals surface area contributed by atoms with E-state index in [1.165, 1.54) is 5.57 Å². The molecule has 18 heavy (non-hydrogen) atoms. The average molecular weight is 246 g/mol. The number of aromatic nitrogens is 1. The van der Waals surface area contributed by atoms with E-state index in [1.807, 2.05) is 19.1 Å². The highest BCUT2D eigenvalue weighted by atomic mass is 16.2. The SMILES string of the molecule is CCNC(=O)Nc1ccc(C2=CCCNC2)nc1. The first kappa shape index (κ1) is 12.6. The predicted molar refractivity (Wildman–Crippen MR) is 72.4 cm³/mol. The fourth-order valence-electron chi connectivity index (χ4n) is 1.83. The molecule has 96 valence electrons. The van der Waals surface area contributed by atoms with Crippen LogP contribution in [0.25, 0.3) is 5.57 Å². The summed E-state index contributed by atoms with van der Waals surface area (Å²) in [6.07, 6.45) is 4.92. The minimum atomic E-state index is -0.203. The van der Waals surface area contributed by atoms with Gasteiger partial charge < -0.3 is 16.0 Å². The molecule has 1 aromatic heterocycles. The lowest BCUT2D eigenvalue weighted by Crippen LogP contribution is -2.28. The Morgan fingerprint density at radius 1 is 1.50 bits per heavy atom. The summed E-state index contributed by atoms with van der Waals surface area (Å²) >= 11 is 0. The van der Waals surface area contributed by atoms with Gasteiger partial charge >= 0.3 is 6.03 Å². The van der Waals surface area contributed by atoms with Crippen molar-refractivity contribution in [1.82, 2.24) is 15.6 Å². The summed E-state index contributed by atoms with van der Waals surface area (Å²) in [5, 5.41) is 8.71. The van der Waals surface area contributed by atoms with Crippen LogP contribution in [0.5, 0.6) is 0 Å². The van der Waals surface area contributed by atoms with Crippen LogP contribution in [0.4, 0.5) is 10.5 Å². The van der Waals surface area contributed by atoms with Crippen molar-refractivity contribution in [1.29, 1.82) is 0 Å². The van der Waals surface area contributed by atoms with E-state index in [4.69, 9.17) is 0 Å². The van der Waals surface area contributed by atoms with Gasteiger partial charge in [-0.2, -0.15) is 0 Å². The van der Waals surface area contributed by atoms with Gasteiger partial charge in [-0.3, -0.25) is 4.98 Å². The molecular weight excluding hydrogens is 228 g/mol. The normalized spacial score (nSPS) is 14.8. The van der Waals surface area contributed by atoms with Crippen LogP contribution in [0, 0.1) is 0 Å². The maximum Gasteiger partial charge on any atom is 0.319 e. The van der Waals surface area contributed by atoms with Gasteiger partial charge in [0.25, 0.3) is 0 Å². The third kappa shape index (κ3) is 3.30. The first-order chi connectivity index (χ1) is 8.79. The Kier molecular flexibility index (Phi) is 4.30. The number of pyridine rings is 1. The third-order valence-corrected chi connectivity index (χ3v) is 2.71. The molecule has 0 unspecified atom stereocenters. The van der Waals surface area contributed by atoms with Crippen LogP contribution in [-0.4, -0.2) is 30.6 Å². The summed E-state index contributed by atoms with van der Waals surface area (Å²) in [4.78, 5) is 15.7. The first-order valence-electron chi connectivity index (χ1n) is 6.20. The molecule has 3 N–H and O–H groups in total. The second-order valence-corrected chi connectivity index (χ2v) is 4.11. The monoisotopic (exact) mass is 246 g/mol. The van der Waals surface area contributed by atoms with Gasteiger partial charge in [-0.05, 0) is 37.6 Å². The zero-order valence-corrected chi connectivity index (χ0v) is 10.5. The molecule has 2 rings (SSSR count). The van der Waals surface area contributed by atoms with Crippen LogP contribution < -0.4 is 16.0 Å². The van der Waals surface area contributed by atoms with Crippen LogP contribution >= 0.6 is 0 Å². The van der Waals surface area contributed by atoms with Gasteiger partial charge in [-0.1, -0.05) is 6.08 Å². The predicted octanol–water partition coefficient (Wildman–Crippen LogP) is 1.60. The van der Waals surface area contributed by atoms with Gasteiger partial charge in [-0.15, -0.1) is 0 Å². The number of urea groups is 1. The van der Waals surface area contributed by atoms with Crippen LogP contribution in [0.3, 0.4) is 0 Å². The van der Waals surface area contributed by atoms with Crippen LogP contribution in [0.1, 0.15) is 19.0 Å². The summed E-state index contributed by atoms with van der Waals surface area (Å²) < 4.78 is 0. The molecule has 1 aromatic rings. The molecule has 2 amide bonds. The largest absolute Gasteiger partial charge is 0.338 e. The van der Waals surface area contributed by atoms with Crippen LogP contribution in [-0.2, 0) is 0 Å². The highest BCUT2D eigenvalue weighted by Crippen LogP contribution is 2.16. The smallest absolute Gasteiger partial charge is 0.319 e. The number of amides is 2. The number of rotatable bonds is 3. The van der Waals surface area contributed by atoms with E-state index in [9.17, 15) is 4.79 Å². The summed E-state index contributed by atoms with van der Waals surface area (Å²) in [5.74, 6) is 0. The van der Waals surface area contributed by atoms with E-state index in [0.717, 1.165) is 25.2 Å². The molecule has 0 radical (unpaired) electrons. The van der Waals surface area contributed by atoms with Crippen molar-refractivity contribution in [3.63, 3.8) is 0 Å². The molecule has 5 nitrogen and oxygen atoms in total. The molecule has 0 aliphatic carbocycles. The van der Waals surface area contributed by atoms with E-state index in [2.05, 4.69) is 27.0 Å². The van der Waals surface area contributed by atoms with Gasteiger partial charge in [0.05, 0.1) is 17.6 Å². The lowest BCUT2D eigenvalue weighted by molar-refractivity contribution is 0.252. The van der Waals surface area contributed by atoms with Crippen molar-refractivity contribution in [2.75, 3.05) is 25.0 Å². The van der Waals surface area contributed by atoms with Crippen molar-refractivity contribution >= 4 is 17.3 Å². The van der Waals surface area contributed by atoms with E-state index >= 15 is 0 Å². The van der Waals surface area contributed by atoms with Crippen LogP contribution in [0.2, 0.25) is 0 Å². The lowest BCUT2D eigenvalue weighted by Gasteiger charge is -2.14. The molecule has 0 aromatic carbocycles. The van der Waals surface area contributed by atoms with Gasteiger partial charge in [0.2, 0.25) is 0 Å². The Morgan fingerprint density at radius 2 is 2.39 bits per heavy atom. The molecule has 0 saturated carbocycles. The molecule has 2 heterocycles. The number of nitrogens with one attached hydrogen (secondary N) is 3. The number of carbonyl (C=O) groups is 1. The highest BCUT2D eigenvalue weighted by molar-refractivity contribution is 5.89. The highest BCUT2D eigenvalue weighted by Gasteiger charge is 2.07. The molecule has 0 atom stereocenters. The van der Waals surface area contributed by atoms with Crippen molar-refractivity contribution in [3.05, 3.63) is 30.1 Å². The standard InChI is InChI=1S/C13H18N4O/c1-2-15-13(18)17-11-5-6-12(16-9-11)10-4-3-7-14-8-10/h4-6,9,14H,2-3,7-8H2,1H3,(H2,15,17,18). The maximum absolute atomic E-state index is 11.3. The Morgan fingerprint density at radius 3 is 3.00 bits per heavy atom. The lowest BCUT2D eigenvalue weighted by atomic mass is 10.1. The Balaban J connectivity index is 2.01. The molecule has 0 bridgehead atoms. The molecule has 1 aliphatic heterocycles. The molecule has 1 aliphatic rings. The van der Waals surface area contributed by atoms with E-state index < -0.39 is 0 Å². The Labute approximate surface area is 107 Å². The van der Waals surface area contributed by atoms with Crippen LogP contribution in [0.15, 0.2) is 24.4 Å². The summed E-state index contributed by atoms with van der Waals surface area (Å²) in [7, 11) is 0. The van der Waals surface area contributed by atoms with E-state index in [-0.39, 0.29) is 6.03 Å². The second-order valence-electron chi connectivity index (χ2n) is 4.11. The number of anilines is 1. The third-order valence-electron chi connectivity index (χ3n) is 2.71. The molecule has 0 fully saturated rings. The first-order valence-corrected chi connectivity index (χ1v) is 6.20. The minimum Gasteiger partial charge on any atom is -0.338 e. The van der Waals surface area contributed by atoms with Crippen molar-refractivity contribution in [2.45, 2.75) is 13.3 Å². The fourth-order valence-corrected chi connectivity index (χ4v) is 1.83. The molecular formula is C13H18N4O. The van der Waals surface area contributed by atoms with Crippen molar-refractivity contribution in [3.8, 4) is 0 Å². The summed E-state index contributed by atoms with van der Waals surface area (Å²) in [5.41, 5.74) is 2.88. The minimum absolute atomic E-state index is 0.203. The Bertz CT molecular complexity index is 439. The Hall–Kier alpha value is -1.88.